The number of carbonyl (C=O) groups is 1. The molecule has 8 nitrogen and oxygen atoms in total. The van der Waals surface area contributed by atoms with Gasteiger partial charge in [-0.1, -0.05) is 12.1 Å². The Kier molecular flexibility index (Phi) is 7.95. The van der Waals surface area contributed by atoms with E-state index in [2.05, 4.69) is 10.3 Å². The first-order chi connectivity index (χ1) is 16.8. The van der Waals surface area contributed by atoms with Crippen molar-refractivity contribution >= 4 is 15.9 Å². The summed E-state index contributed by atoms with van der Waals surface area (Å²) in [6, 6.07) is 8.60. The zero-order valence-electron chi connectivity index (χ0n) is 19.7. The summed E-state index contributed by atoms with van der Waals surface area (Å²) in [5.74, 6) is 0. The number of nitrogens with zero attached hydrogens (tertiary/aromatic N) is 2. The Balaban J connectivity index is 0.000000338. The van der Waals surface area contributed by atoms with Gasteiger partial charge in [0.05, 0.1) is 27.9 Å². The lowest BCUT2D eigenvalue weighted by Crippen LogP contribution is -2.33. The van der Waals surface area contributed by atoms with E-state index in [0.29, 0.717) is 31.2 Å². The molecule has 0 spiro atoms. The van der Waals surface area contributed by atoms with Crippen molar-refractivity contribution in [2.24, 2.45) is 0 Å². The summed E-state index contributed by atoms with van der Waals surface area (Å²) in [4.78, 5) is 13.4. The molecule has 0 aliphatic heterocycles. The molecule has 2 atom stereocenters. The van der Waals surface area contributed by atoms with Crippen molar-refractivity contribution in [1.29, 1.82) is 5.26 Å². The number of amides is 1. The smallest absolute Gasteiger partial charge is 0.417 e. The number of rotatable bonds is 5. The summed E-state index contributed by atoms with van der Waals surface area (Å²) >= 11 is 0. The second kappa shape index (κ2) is 10.4. The topological polar surface area (TPSA) is 129 Å². The number of alkyl halides is 3. The largest absolute Gasteiger partial charge is 0.465 e. The predicted octanol–water partition coefficient (Wildman–Crippen LogP) is 4.73. The number of aromatic nitrogens is 1. The first-order valence-electron chi connectivity index (χ1n) is 11.1. The van der Waals surface area contributed by atoms with E-state index in [4.69, 9.17) is 15.1 Å². The fourth-order valence-corrected chi connectivity index (χ4v) is 6.00. The Labute approximate surface area is 207 Å². The number of ether oxygens (including phenoxy) is 1. The third-order valence-electron chi connectivity index (χ3n) is 6.25. The van der Waals surface area contributed by atoms with Gasteiger partial charge in [0.15, 0.2) is 9.84 Å². The standard InChI is InChI=1S/C19H20F3NO3S.C5H6N2O2/c1-12-3-4-14(11-23-12)13-5-8-18(17(9-13)19(20,21)22)27(24,25)16-7-6-15(10-16)26-2;6-3-5(1-2-5)7-4(8)9/h3-5,8-9,11,15-16H,6-7,10H2,1-2H3;7H,1-2H2,(H,8,9)/t15-,16-;/m0./s1. The molecule has 4 rings (SSSR count). The lowest BCUT2D eigenvalue weighted by Gasteiger charge is -2.18. The number of nitriles is 1. The van der Waals surface area contributed by atoms with Crippen LogP contribution in [0.2, 0.25) is 0 Å². The molecule has 2 saturated carbocycles. The molecule has 0 saturated heterocycles. The van der Waals surface area contributed by atoms with Gasteiger partial charge in [0.2, 0.25) is 0 Å². The van der Waals surface area contributed by atoms with Gasteiger partial charge in [-0.2, -0.15) is 18.4 Å². The van der Waals surface area contributed by atoms with Gasteiger partial charge in [-0.25, -0.2) is 13.2 Å². The van der Waals surface area contributed by atoms with Gasteiger partial charge in [-0.05, 0) is 62.8 Å². The van der Waals surface area contributed by atoms with Gasteiger partial charge in [0.1, 0.15) is 5.54 Å². The van der Waals surface area contributed by atoms with Crippen molar-refractivity contribution in [3.63, 3.8) is 0 Å². The van der Waals surface area contributed by atoms with Gasteiger partial charge in [0.25, 0.3) is 0 Å². The molecule has 2 fully saturated rings. The number of sulfone groups is 1. The van der Waals surface area contributed by atoms with Gasteiger partial charge < -0.3 is 15.2 Å². The Bertz CT molecular complexity index is 1250. The highest BCUT2D eigenvalue weighted by molar-refractivity contribution is 7.92. The number of nitrogens with one attached hydrogen (secondary N) is 1. The molecule has 2 aliphatic carbocycles. The Morgan fingerprint density at radius 2 is 1.89 bits per heavy atom. The summed E-state index contributed by atoms with van der Waals surface area (Å²) in [6.07, 6.45) is -2.34. The molecule has 36 heavy (non-hydrogen) atoms. The SMILES string of the molecule is CO[C@H]1CC[C@H](S(=O)(=O)c2ccc(-c3ccc(C)nc3)cc2C(F)(F)F)C1.N#CC1(NC(=O)O)CC1. The van der Waals surface area contributed by atoms with Crippen LogP contribution in [-0.4, -0.2) is 48.6 Å². The van der Waals surface area contributed by atoms with Crippen molar-refractivity contribution in [2.45, 2.75) is 67.0 Å². The lowest BCUT2D eigenvalue weighted by molar-refractivity contribution is -0.139. The van der Waals surface area contributed by atoms with Gasteiger partial charge in [-0.3, -0.25) is 4.98 Å². The minimum Gasteiger partial charge on any atom is -0.465 e. The van der Waals surface area contributed by atoms with Crippen LogP contribution in [0.3, 0.4) is 0 Å². The molecule has 0 bridgehead atoms. The van der Waals surface area contributed by atoms with Crippen LogP contribution in [0.4, 0.5) is 18.0 Å². The van der Waals surface area contributed by atoms with E-state index in [9.17, 15) is 26.4 Å². The van der Waals surface area contributed by atoms with Crippen molar-refractivity contribution in [3.8, 4) is 17.2 Å². The minimum atomic E-state index is -4.78. The normalized spacial score (nSPS) is 20.6. The summed E-state index contributed by atoms with van der Waals surface area (Å²) in [7, 11) is -2.64. The van der Waals surface area contributed by atoms with Crippen LogP contribution in [0.25, 0.3) is 11.1 Å². The highest BCUT2D eigenvalue weighted by Gasteiger charge is 2.45. The molecule has 1 amide bonds. The molecule has 1 aromatic carbocycles. The Morgan fingerprint density at radius 1 is 1.22 bits per heavy atom. The molecule has 194 valence electrons. The third-order valence-corrected chi connectivity index (χ3v) is 8.53. The van der Waals surface area contributed by atoms with E-state index in [1.54, 1.807) is 19.1 Å². The second-order valence-electron chi connectivity index (χ2n) is 8.86. The fraction of sp³-hybridized carbons (Fsp3) is 0.458. The first kappa shape index (κ1) is 27.4. The molecule has 12 heteroatoms. The highest BCUT2D eigenvalue weighted by atomic mass is 32.2. The molecule has 1 heterocycles. The highest BCUT2D eigenvalue weighted by Crippen LogP contribution is 2.40. The quantitative estimate of drug-likeness (QED) is 0.577. The zero-order valence-corrected chi connectivity index (χ0v) is 20.5. The van der Waals surface area contributed by atoms with Crippen LogP contribution < -0.4 is 5.32 Å². The average Bonchev–Trinajstić information content (AvgIpc) is 3.40. The number of aryl methyl sites for hydroxylation is 1. The molecular formula is C24H26F3N3O5S. The second-order valence-corrected chi connectivity index (χ2v) is 11.1. The van der Waals surface area contributed by atoms with Gasteiger partial charge >= 0.3 is 12.3 Å². The van der Waals surface area contributed by atoms with Crippen LogP contribution in [0.5, 0.6) is 0 Å². The van der Waals surface area contributed by atoms with E-state index in [1.807, 2.05) is 6.07 Å². The van der Waals surface area contributed by atoms with E-state index >= 15 is 0 Å². The van der Waals surface area contributed by atoms with Crippen molar-refractivity contribution in [3.05, 3.63) is 47.8 Å². The number of methoxy groups -OCH3 is 1. The van der Waals surface area contributed by atoms with Crippen molar-refractivity contribution in [1.82, 2.24) is 10.3 Å². The molecule has 0 radical (unpaired) electrons. The minimum absolute atomic E-state index is 0.208. The number of hydrogen-bond acceptors (Lipinski definition) is 6. The van der Waals surface area contributed by atoms with E-state index in [0.717, 1.165) is 17.8 Å². The van der Waals surface area contributed by atoms with Crippen molar-refractivity contribution < 1.29 is 36.2 Å². The third kappa shape index (κ3) is 6.33. The Morgan fingerprint density at radius 3 is 2.33 bits per heavy atom. The summed E-state index contributed by atoms with van der Waals surface area (Å²) in [6.45, 7) is 1.77. The molecule has 1 aromatic heterocycles. The van der Waals surface area contributed by atoms with Crippen LogP contribution in [-0.2, 0) is 20.8 Å². The maximum absolute atomic E-state index is 13.7. The number of halogens is 3. The maximum atomic E-state index is 13.7. The fourth-order valence-electron chi connectivity index (χ4n) is 3.99. The number of pyridine rings is 1. The molecule has 2 aromatic rings. The van der Waals surface area contributed by atoms with Crippen LogP contribution in [0.15, 0.2) is 41.4 Å². The zero-order chi connectivity index (χ0) is 26.7. The predicted molar refractivity (Wildman–Crippen MR) is 124 cm³/mol. The summed E-state index contributed by atoms with van der Waals surface area (Å²) in [5, 5.41) is 17.8. The van der Waals surface area contributed by atoms with Crippen molar-refractivity contribution in [2.75, 3.05) is 7.11 Å². The van der Waals surface area contributed by atoms with Gasteiger partial charge in [-0.15, -0.1) is 0 Å². The maximum Gasteiger partial charge on any atom is 0.417 e. The first-order valence-corrected chi connectivity index (χ1v) is 12.7. The lowest BCUT2D eigenvalue weighted by atomic mass is 10.0. The average molecular weight is 526 g/mol. The van der Waals surface area contributed by atoms with E-state index in [1.165, 1.54) is 19.4 Å². The van der Waals surface area contributed by atoms with E-state index in [-0.39, 0.29) is 18.1 Å². The number of carboxylic acid groups (broad SMARTS) is 1. The summed E-state index contributed by atoms with van der Waals surface area (Å²) in [5.41, 5.74) is -0.360. The van der Waals surface area contributed by atoms with Crippen LogP contribution >= 0.6 is 0 Å². The Hall–Kier alpha value is -3.17. The van der Waals surface area contributed by atoms with Gasteiger partial charge in [0, 0.05) is 24.6 Å². The molecule has 2 aliphatic rings. The van der Waals surface area contributed by atoms with Crippen LogP contribution in [0, 0.1) is 18.3 Å². The van der Waals surface area contributed by atoms with E-state index < -0.39 is 43.4 Å². The molecular weight excluding hydrogens is 499 g/mol. The number of benzene rings is 1. The molecule has 2 N–H and O–H groups in total. The summed E-state index contributed by atoms with van der Waals surface area (Å²) < 4.78 is 71.9. The van der Waals surface area contributed by atoms with Crippen LogP contribution in [0.1, 0.15) is 43.4 Å². The monoisotopic (exact) mass is 525 g/mol. The molecule has 0 unspecified atom stereocenters. The number of hydrogen-bond donors (Lipinski definition) is 2.